The Kier molecular flexibility index (Phi) is 4.26. The lowest BCUT2D eigenvalue weighted by atomic mass is 10.0. The van der Waals surface area contributed by atoms with Crippen LogP contribution in [0.25, 0.3) is 0 Å². The van der Waals surface area contributed by atoms with E-state index in [2.05, 4.69) is 24.3 Å². The second-order valence-corrected chi connectivity index (χ2v) is 5.07. The molecule has 1 aliphatic heterocycles. The first-order valence-electron chi connectivity index (χ1n) is 5.97. The summed E-state index contributed by atoms with van der Waals surface area (Å²) in [5, 5.41) is 4.33. The molecule has 0 bridgehead atoms. The Morgan fingerprint density at radius 1 is 1.47 bits per heavy atom. The molecule has 1 aromatic carbocycles. The van der Waals surface area contributed by atoms with Gasteiger partial charge in [-0.15, -0.1) is 0 Å². The third kappa shape index (κ3) is 3.35. The van der Waals surface area contributed by atoms with Crippen molar-refractivity contribution in [3.63, 3.8) is 0 Å². The lowest BCUT2D eigenvalue weighted by Gasteiger charge is -2.27. The van der Waals surface area contributed by atoms with E-state index in [-0.39, 0.29) is 0 Å². The Balaban J connectivity index is 2.03. The normalized spacial score (nSPS) is 18.9. The monoisotopic (exact) mass is 254 g/mol. The maximum atomic E-state index is 6.03. The minimum Gasteiger partial charge on any atom is -0.493 e. The average Bonchev–Trinajstić information content (AvgIpc) is 2.29. The molecule has 0 spiro atoms. The summed E-state index contributed by atoms with van der Waals surface area (Å²) in [7, 11) is 4.16. The lowest BCUT2D eigenvalue weighted by molar-refractivity contribution is 0.249. The number of nitrogens with zero attached hydrogens (tertiary/aromatic N) is 1. The zero-order valence-corrected chi connectivity index (χ0v) is 11.1. The van der Waals surface area contributed by atoms with Crippen LogP contribution in [0.4, 0.5) is 0 Å². The van der Waals surface area contributed by atoms with Gasteiger partial charge in [0.2, 0.25) is 0 Å². The number of rotatable bonds is 4. The number of benzene rings is 1. The lowest BCUT2D eigenvalue weighted by Crippen LogP contribution is -2.32. The number of likely N-dealkylation sites (N-methyl/N-ethyl adjacent to an activating group) is 1. The van der Waals surface area contributed by atoms with Gasteiger partial charge >= 0.3 is 0 Å². The van der Waals surface area contributed by atoms with Crippen molar-refractivity contribution in [1.82, 2.24) is 10.2 Å². The van der Waals surface area contributed by atoms with Gasteiger partial charge in [-0.25, -0.2) is 0 Å². The smallest absolute Gasteiger partial charge is 0.124 e. The molecule has 1 N–H and O–H groups in total. The predicted molar refractivity (Wildman–Crippen MR) is 70.9 cm³/mol. The second-order valence-electron chi connectivity index (χ2n) is 4.63. The number of halogens is 1. The molecule has 0 aromatic heterocycles. The summed E-state index contributed by atoms with van der Waals surface area (Å²) in [5.41, 5.74) is 1.18. The van der Waals surface area contributed by atoms with Crippen LogP contribution in [0.5, 0.6) is 5.75 Å². The molecule has 1 heterocycles. The second kappa shape index (κ2) is 5.71. The van der Waals surface area contributed by atoms with Gasteiger partial charge in [0.15, 0.2) is 0 Å². The SMILES string of the molecule is CN(C)CCNC1CCOc2ccc(Cl)cc21. The number of nitrogens with one attached hydrogen (secondary N) is 1. The first-order chi connectivity index (χ1) is 8.16. The van der Waals surface area contributed by atoms with Gasteiger partial charge in [0.25, 0.3) is 0 Å². The molecule has 1 unspecified atom stereocenters. The largest absolute Gasteiger partial charge is 0.493 e. The molecule has 0 saturated carbocycles. The highest BCUT2D eigenvalue weighted by atomic mass is 35.5. The zero-order chi connectivity index (χ0) is 12.3. The highest BCUT2D eigenvalue weighted by molar-refractivity contribution is 6.30. The van der Waals surface area contributed by atoms with Crippen molar-refractivity contribution >= 4 is 11.6 Å². The van der Waals surface area contributed by atoms with Gasteiger partial charge in [-0.05, 0) is 32.3 Å². The van der Waals surface area contributed by atoms with E-state index in [1.54, 1.807) is 0 Å². The van der Waals surface area contributed by atoms with E-state index in [0.717, 1.165) is 36.9 Å². The molecule has 0 amide bonds. The highest BCUT2D eigenvalue weighted by Gasteiger charge is 2.20. The summed E-state index contributed by atoms with van der Waals surface area (Å²) in [6.45, 7) is 2.78. The summed E-state index contributed by atoms with van der Waals surface area (Å²) < 4.78 is 5.63. The van der Waals surface area contributed by atoms with Gasteiger partial charge in [0.1, 0.15) is 5.75 Å². The molecular formula is C13H19ClN2O. The molecule has 0 saturated heterocycles. The van der Waals surface area contributed by atoms with Crippen LogP contribution in [-0.4, -0.2) is 38.7 Å². The first-order valence-corrected chi connectivity index (χ1v) is 6.35. The van der Waals surface area contributed by atoms with Crippen molar-refractivity contribution in [2.24, 2.45) is 0 Å². The van der Waals surface area contributed by atoms with Crippen molar-refractivity contribution in [3.8, 4) is 5.75 Å². The Morgan fingerprint density at radius 2 is 2.29 bits per heavy atom. The Bertz CT molecular complexity index is 382. The zero-order valence-electron chi connectivity index (χ0n) is 10.4. The van der Waals surface area contributed by atoms with Gasteiger partial charge in [-0.3, -0.25) is 0 Å². The van der Waals surface area contributed by atoms with Gasteiger partial charge in [-0.2, -0.15) is 0 Å². The Morgan fingerprint density at radius 3 is 3.06 bits per heavy atom. The van der Waals surface area contributed by atoms with Crippen LogP contribution >= 0.6 is 11.6 Å². The minimum absolute atomic E-state index is 0.359. The summed E-state index contributed by atoms with van der Waals surface area (Å²) >= 11 is 6.03. The van der Waals surface area contributed by atoms with Gasteiger partial charge in [-0.1, -0.05) is 11.6 Å². The number of ether oxygens (including phenoxy) is 1. The maximum Gasteiger partial charge on any atom is 0.124 e. The molecule has 1 aromatic rings. The maximum absolute atomic E-state index is 6.03. The molecule has 0 fully saturated rings. The van der Waals surface area contributed by atoms with Crippen LogP contribution in [0, 0.1) is 0 Å². The van der Waals surface area contributed by atoms with E-state index in [9.17, 15) is 0 Å². The standard InChI is InChI=1S/C13H19ClN2O/c1-16(2)7-6-15-12-5-8-17-13-4-3-10(14)9-11(12)13/h3-4,9,12,15H,5-8H2,1-2H3. The van der Waals surface area contributed by atoms with Crippen LogP contribution in [0.1, 0.15) is 18.0 Å². The fraction of sp³-hybridized carbons (Fsp3) is 0.538. The van der Waals surface area contributed by atoms with E-state index in [1.807, 2.05) is 18.2 Å². The van der Waals surface area contributed by atoms with E-state index in [4.69, 9.17) is 16.3 Å². The highest BCUT2D eigenvalue weighted by Crippen LogP contribution is 2.33. The molecule has 17 heavy (non-hydrogen) atoms. The first kappa shape index (κ1) is 12.7. The Hall–Kier alpha value is -0.770. The van der Waals surface area contributed by atoms with Crippen molar-refractivity contribution in [3.05, 3.63) is 28.8 Å². The summed E-state index contributed by atoms with van der Waals surface area (Å²) in [4.78, 5) is 2.17. The minimum atomic E-state index is 0.359. The topological polar surface area (TPSA) is 24.5 Å². The van der Waals surface area contributed by atoms with Gasteiger partial charge in [0.05, 0.1) is 6.61 Å². The molecule has 4 heteroatoms. The van der Waals surface area contributed by atoms with Crippen molar-refractivity contribution < 1.29 is 4.74 Å². The number of hydrogen-bond donors (Lipinski definition) is 1. The van der Waals surface area contributed by atoms with Gasteiger partial charge < -0.3 is 15.0 Å². The third-order valence-electron chi connectivity index (χ3n) is 2.96. The van der Waals surface area contributed by atoms with E-state index in [1.165, 1.54) is 5.56 Å². The van der Waals surface area contributed by atoms with Crippen LogP contribution in [0.15, 0.2) is 18.2 Å². The van der Waals surface area contributed by atoms with Crippen molar-refractivity contribution in [2.75, 3.05) is 33.8 Å². The molecule has 3 nitrogen and oxygen atoms in total. The summed E-state index contributed by atoms with van der Waals surface area (Å²) in [6.07, 6.45) is 1.00. The molecule has 2 rings (SSSR count). The number of hydrogen-bond acceptors (Lipinski definition) is 3. The molecule has 1 aliphatic rings. The fourth-order valence-electron chi connectivity index (χ4n) is 2.04. The fourth-order valence-corrected chi connectivity index (χ4v) is 2.22. The molecule has 94 valence electrons. The predicted octanol–water partition coefficient (Wildman–Crippen LogP) is 2.31. The van der Waals surface area contributed by atoms with E-state index in [0.29, 0.717) is 6.04 Å². The van der Waals surface area contributed by atoms with E-state index < -0.39 is 0 Å². The van der Waals surface area contributed by atoms with Crippen LogP contribution in [0.3, 0.4) is 0 Å². The summed E-state index contributed by atoms with van der Waals surface area (Å²) in [6, 6.07) is 6.20. The molecule has 1 atom stereocenters. The average molecular weight is 255 g/mol. The van der Waals surface area contributed by atoms with Crippen LogP contribution in [0.2, 0.25) is 5.02 Å². The van der Waals surface area contributed by atoms with Crippen molar-refractivity contribution in [1.29, 1.82) is 0 Å². The van der Waals surface area contributed by atoms with Crippen LogP contribution in [-0.2, 0) is 0 Å². The van der Waals surface area contributed by atoms with Crippen LogP contribution < -0.4 is 10.1 Å². The quantitative estimate of drug-likeness (QED) is 0.893. The van der Waals surface area contributed by atoms with Crippen molar-refractivity contribution in [2.45, 2.75) is 12.5 Å². The molecule has 0 aliphatic carbocycles. The molecule has 0 radical (unpaired) electrons. The summed E-state index contributed by atoms with van der Waals surface area (Å²) in [5.74, 6) is 0.961. The Labute approximate surface area is 108 Å². The van der Waals surface area contributed by atoms with Gasteiger partial charge in [0, 0.05) is 36.1 Å². The number of fused-ring (bicyclic) bond motifs is 1. The van der Waals surface area contributed by atoms with E-state index >= 15 is 0 Å². The third-order valence-corrected chi connectivity index (χ3v) is 3.20. The molecular weight excluding hydrogens is 236 g/mol.